The second-order valence-corrected chi connectivity index (χ2v) is 4.89. The molecule has 1 amide bonds. The second-order valence-electron chi connectivity index (χ2n) is 4.89. The summed E-state index contributed by atoms with van der Waals surface area (Å²) >= 11 is 0. The van der Waals surface area contributed by atoms with Gasteiger partial charge in [0.05, 0.1) is 5.92 Å². The summed E-state index contributed by atoms with van der Waals surface area (Å²) in [6.45, 7) is 1.76. The Kier molecular flexibility index (Phi) is 5.06. The highest BCUT2D eigenvalue weighted by Crippen LogP contribution is 2.26. The van der Waals surface area contributed by atoms with Gasteiger partial charge in [0, 0.05) is 13.1 Å². The van der Waals surface area contributed by atoms with Gasteiger partial charge in [-0.1, -0.05) is 18.2 Å². The average molecular weight is 302 g/mol. The van der Waals surface area contributed by atoms with Crippen LogP contribution in [-0.4, -0.2) is 31.9 Å². The Morgan fingerprint density at radius 1 is 1.38 bits per heavy atom. The van der Waals surface area contributed by atoms with Gasteiger partial charge < -0.3 is 15.4 Å². The number of alkyl halides is 3. The lowest BCUT2D eigenvalue weighted by Gasteiger charge is -2.14. The first-order valence-corrected chi connectivity index (χ1v) is 6.78. The van der Waals surface area contributed by atoms with Crippen molar-refractivity contribution in [1.29, 1.82) is 0 Å². The Labute approximate surface area is 120 Å². The monoisotopic (exact) mass is 302 g/mol. The maximum Gasteiger partial charge on any atom is 0.573 e. The number of ether oxygens (including phenoxy) is 1. The van der Waals surface area contributed by atoms with Crippen molar-refractivity contribution in [3.05, 3.63) is 29.8 Å². The first kappa shape index (κ1) is 15.6. The van der Waals surface area contributed by atoms with Crippen LogP contribution in [0.3, 0.4) is 0 Å². The van der Waals surface area contributed by atoms with Gasteiger partial charge in [-0.2, -0.15) is 0 Å². The third-order valence-electron chi connectivity index (χ3n) is 3.32. The Bertz CT molecular complexity index is 485. The SMILES string of the molecule is O=C(NCCc1ccccc1OC(F)(F)F)C1CCNC1. The van der Waals surface area contributed by atoms with Crippen LogP contribution < -0.4 is 15.4 Å². The Morgan fingerprint density at radius 3 is 2.81 bits per heavy atom. The number of amides is 1. The van der Waals surface area contributed by atoms with E-state index in [-0.39, 0.29) is 30.5 Å². The minimum Gasteiger partial charge on any atom is -0.406 e. The number of para-hydroxylation sites is 1. The zero-order chi connectivity index (χ0) is 15.3. The summed E-state index contributed by atoms with van der Waals surface area (Å²) in [5, 5.41) is 5.84. The van der Waals surface area contributed by atoms with Crippen molar-refractivity contribution in [2.45, 2.75) is 19.2 Å². The number of halogens is 3. The van der Waals surface area contributed by atoms with E-state index in [1.807, 2.05) is 0 Å². The van der Waals surface area contributed by atoms with Crippen molar-refractivity contribution in [2.24, 2.45) is 5.92 Å². The third-order valence-corrected chi connectivity index (χ3v) is 3.32. The fourth-order valence-corrected chi connectivity index (χ4v) is 2.28. The molecule has 1 aromatic rings. The van der Waals surface area contributed by atoms with Crippen molar-refractivity contribution in [3.63, 3.8) is 0 Å². The van der Waals surface area contributed by atoms with Gasteiger partial charge in [0.25, 0.3) is 0 Å². The van der Waals surface area contributed by atoms with Crippen molar-refractivity contribution >= 4 is 5.91 Å². The number of carbonyl (C=O) groups excluding carboxylic acids is 1. The maximum absolute atomic E-state index is 12.3. The first-order valence-electron chi connectivity index (χ1n) is 6.78. The van der Waals surface area contributed by atoms with Crippen LogP contribution >= 0.6 is 0 Å². The highest BCUT2D eigenvalue weighted by Gasteiger charge is 2.32. The molecule has 2 rings (SSSR count). The van der Waals surface area contributed by atoms with E-state index < -0.39 is 6.36 Å². The molecule has 0 saturated carbocycles. The number of nitrogens with one attached hydrogen (secondary N) is 2. The van der Waals surface area contributed by atoms with Crippen molar-refractivity contribution < 1.29 is 22.7 Å². The van der Waals surface area contributed by atoms with Crippen LogP contribution in [0.15, 0.2) is 24.3 Å². The summed E-state index contributed by atoms with van der Waals surface area (Å²) in [6.07, 6.45) is -3.63. The molecule has 7 heteroatoms. The lowest BCUT2D eigenvalue weighted by atomic mass is 10.1. The number of hydrogen-bond donors (Lipinski definition) is 2. The molecule has 0 aliphatic carbocycles. The van der Waals surface area contributed by atoms with Gasteiger partial charge in [0.15, 0.2) is 0 Å². The molecule has 2 N–H and O–H groups in total. The van der Waals surface area contributed by atoms with Crippen LogP contribution in [0.25, 0.3) is 0 Å². The van der Waals surface area contributed by atoms with Crippen LogP contribution in [0.4, 0.5) is 13.2 Å². The Balaban J connectivity index is 1.86. The average Bonchev–Trinajstić information content (AvgIpc) is 2.93. The molecule has 0 aromatic heterocycles. The topological polar surface area (TPSA) is 50.4 Å². The van der Waals surface area contributed by atoms with E-state index in [9.17, 15) is 18.0 Å². The van der Waals surface area contributed by atoms with E-state index in [0.717, 1.165) is 13.0 Å². The zero-order valence-corrected chi connectivity index (χ0v) is 11.4. The minimum atomic E-state index is -4.71. The standard InChI is InChI=1S/C14H17F3N2O2/c15-14(16,17)21-12-4-2-1-3-10(12)6-8-19-13(20)11-5-7-18-9-11/h1-4,11,18H,5-9H2,(H,19,20). The molecular formula is C14H17F3N2O2. The molecule has 1 fully saturated rings. The predicted molar refractivity (Wildman–Crippen MR) is 70.8 cm³/mol. The van der Waals surface area contributed by atoms with Crippen molar-refractivity contribution in [3.8, 4) is 5.75 Å². The summed E-state index contributed by atoms with van der Waals surface area (Å²) in [7, 11) is 0. The van der Waals surface area contributed by atoms with E-state index in [0.29, 0.717) is 12.1 Å². The molecule has 1 saturated heterocycles. The van der Waals surface area contributed by atoms with Gasteiger partial charge >= 0.3 is 6.36 Å². The van der Waals surface area contributed by atoms with Gasteiger partial charge in [0.2, 0.25) is 5.91 Å². The van der Waals surface area contributed by atoms with Crippen LogP contribution in [0, 0.1) is 5.92 Å². The molecule has 116 valence electrons. The molecule has 4 nitrogen and oxygen atoms in total. The van der Waals surface area contributed by atoms with Gasteiger partial charge in [-0.25, -0.2) is 0 Å². The molecule has 0 bridgehead atoms. The van der Waals surface area contributed by atoms with Crippen LogP contribution in [-0.2, 0) is 11.2 Å². The normalized spacial score (nSPS) is 18.5. The molecule has 0 spiro atoms. The highest BCUT2D eigenvalue weighted by atomic mass is 19.4. The number of hydrogen-bond acceptors (Lipinski definition) is 3. The van der Waals surface area contributed by atoms with Crippen LogP contribution in [0.1, 0.15) is 12.0 Å². The lowest BCUT2D eigenvalue weighted by molar-refractivity contribution is -0.274. The van der Waals surface area contributed by atoms with Crippen molar-refractivity contribution in [1.82, 2.24) is 10.6 Å². The van der Waals surface area contributed by atoms with Crippen LogP contribution in [0.5, 0.6) is 5.75 Å². The summed E-state index contributed by atoms with van der Waals surface area (Å²) in [5.74, 6) is -0.331. The van der Waals surface area contributed by atoms with E-state index in [1.165, 1.54) is 12.1 Å². The molecule has 1 aromatic carbocycles. The molecular weight excluding hydrogens is 285 g/mol. The predicted octanol–water partition coefficient (Wildman–Crippen LogP) is 1.85. The fourth-order valence-electron chi connectivity index (χ4n) is 2.28. The van der Waals surface area contributed by atoms with Crippen LogP contribution in [0.2, 0.25) is 0 Å². The van der Waals surface area contributed by atoms with Gasteiger partial charge in [-0.3, -0.25) is 4.79 Å². The van der Waals surface area contributed by atoms with Gasteiger partial charge in [-0.15, -0.1) is 13.2 Å². The molecule has 1 aliphatic rings. The molecule has 21 heavy (non-hydrogen) atoms. The van der Waals surface area contributed by atoms with Crippen molar-refractivity contribution in [2.75, 3.05) is 19.6 Å². The smallest absolute Gasteiger partial charge is 0.406 e. The number of carbonyl (C=O) groups is 1. The molecule has 0 radical (unpaired) electrons. The first-order chi connectivity index (χ1) is 9.96. The van der Waals surface area contributed by atoms with Gasteiger partial charge in [-0.05, 0) is 31.0 Å². The summed E-state index contributed by atoms with van der Waals surface area (Å²) < 4.78 is 40.8. The fraction of sp³-hybridized carbons (Fsp3) is 0.500. The summed E-state index contributed by atoms with van der Waals surface area (Å²) in [4.78, 5) is 11.8. The van der Waals surface area contributed by atoms with E-state index in [1.54, 1.807) is 12.1 Å². The molecule has 1 atom stereocenters. The minimum absolute atomic E-state index is 0.0494. The number of rotatable bonds is 5. The number of benzene rings is 1. The largest absolute Gasteiger partial charge is 0.573 e. The molecule has 1 aliphatic heterocycles. The molecule has 1 unspecified atom stereocenters. The zero-order valence-electron chi connectivity index (χ0n) is 11.4. The molecule has 1 heterocycles. The Hall–Kier alpha value is -1.76. The van der Waals surface area contributed by atoms with E-state index >= 15 is 0 Å². The second kappa shape index (κ2) is 6.80. The van der Waals surface area contributed by atoms with E-state index in [4.69, 9.17) is 0 Å². The van der Waals surface area contributed by atoms with Gasteiger partial charge in [0.1, 0.15) is 5.75 Å². The third kappa shape index (κ3) is 4.93. The lowest BCUT2D eigenvalue weighted by Crippen LogP contribution is -2.33. The highest BCUT2D eigenvalue weighted by molar-refractivity contribution is 5.79. The summed E-state index contributed by atoms with van der Waals surface area (Å²) in [6, 6.07) is 5.95. The maximum atomic E-state index is 12.3. The Morgan fingerprint density at radius 2 is 2.14 bits per heavy atom. The van der Waals surface area contributed by atoms with E-state index in [2.05, 4.69) is 15.4 Å². The quantitative estimate of drug-likeness (QED) is 0.873. The summed E-state index contributed by atoms with van der Waals surface area (Å²) in [5.41, 5.74) is 0.416.